The molecule has 0 bridgehead atoms. The molecule has 1 aliphatic heterocycles. The number of methoxy groups -OCH3 is 1. The predicted molar refractivity (Wildman–Crippen MR) is 133 cm³/mol. The van der Waals surface area contributed by atoms with Crippen molar-refractivity contribution in [2.24, 2.45) is 4.99 Å². The molecule has 0 fully saturated rings. The Morgan fingerprint density at radius 1 is 1.27 bits per heavy atom. The second-order valence-electron chi connectivity index (χ2n) is 7.24. The van der Waals surface area contributed by atoms with Crippen molar-refractivity contribution in [2.75, 3.05) is 13.7 Å². The van der Waals surface area contributed by atoms with E-state index < -0.39 is 12.0 Å². The van der Waals surface area contributed by atoms with Crippen molar-refractivity contribution in [2.45, 2.75) is 19.9 Å². The van der Waals surface area contributed by atoms with Gasteiger partial charge in [0.25, 0.3) is 5.56 Å². The molecule has 4 rings (SSSR count). The van der Waals surface area contributed by atoms with Crippen LogP contribution in [0.25, 0.3) is 6.08 Å². The monoisotopic (exact) mass is 546 g/mol. The smallest absolute Gasteiger partial charge is 0.338 e. The number of nitrogens with zero attached hydrogens (tertiary/aromatic N) is 2. The minimum Gasteiger partial charge on any atom is -0.496 e. The van der Waals surface area contributed by atoms with Gasteiger partial charge in [-0.25, -0.2) is 9.79 Å². The maximum absolute atomic E-state index is 13.6. The summed E-state index contributed by atoms with van der Waals surface area (Å²) in [5.74, 6) is 0.142. The highest BCUT2D eigenvalue weighted by Crippen LogP contribution is 2.31. The highest BCUT2D eigenvalue weighted by atomic mass is 79.9. The lowest BCUT2D eigenvalue weighted by Crippen LogP contribution is -2.39. The number of carbonyl (C=O) groups excluding carboxylic acids is 1. The van der Waals surface area contributed by atoms with E-state index >= 15 is 0 Å². The SMILES string of the molecule is CCOC(=O)C1=C(C)N=c2s/c(=C/c3cc(Br)ccc3OC)c(=O)n2[C@H]1c1ccc(Cl)cc1. The Hall–Kier alpha value is -2.68. The number of esters is 1. The third-order valence-electron chi connectivity index (χ3n) is 5.18. The highest BCUT2D eigenvalue weighted by Gasteiger charge is 2.33. The lowest BCUT2D eigenvalue weighted by molar-refractivity contribution is -0.139. The first kappa shape index (κ1) is 23.5. The summed E-state index contributed by atoms with van der Waals surface area (Å²) in [6, 6.07) is 12.0. The Labute approximate surface area is 207 Å². The van der Waals surface area contributed by atoms with Crippen molar-refractivity contribution in [3.8, 4) is 5.75 Å². The molecule has 2 heterocycles. The molecule has 6 nitrogen and oxygen atoms in total. The number of fused-ring (bicyclic) bond motifs is 1. The summed E-state index contributed by atoms with van der Waals surface area (Å²) >= 11 is 10.8. The van der Waals surface area contributed by atoms with Crippen LogP contribution in [-0.2, 0) is 9.53 Å². The van der Waals surface area contributed by atoms with Crippen molar-refractivity contribution in [1.82, 2.24) is 4.57 Å². The van der Waals surface area contributed by atoms with E-state index in [4.69, 9.17) is 21.1 Å². The average molecular weight is 548 g/mol. The normalized spacial score (nSPS) is 15.8. The van der Waals surface area contributed by atoms with Crippen LogP contribution in [0.1, 0.15) is 31.0 Å². The van der Waals surface area contributed by atoms with E-state index in [9.17, 15) is 9.59 Å². The van der Waals surface area contributed by atoms with Gasteiger partial charge < -0.3 is 9.47 Å². The van der Waals surface area contributed by atoms with Crippen LogP contribution in [0.4, 0.5) is 0 Å². The van der Waals surface area contributed by atoms with Crippen LogP contribution in [0.15, 0.2) is 68.0 Å². The van der Waals surface area contributed by atoms with Gasteiger partial charge in [0.1, 0.15) is 5.75 Å². The second-order valence-corrected chi connectivity index (χ2v) is 9.60. The van der Waals surface area contributed by atoms with Crippen LogP contribution in [0.2, 0.25) is 5.02 Å². The van der Waals surface area contributed by atoms with Gasteiger partial charge in [-0.1, -0.05) is 51.0 Å². The molecule has 0 spiro atoms. The van der Waals surface area contributed by atoms with Gasteiger partial charge >= 0.3 is 5.97 Å². The minimum absolute atomic E-state index is 0.218. The first-order valence-corrected chi connectivity index (χ1v) is 12.1. The summed E-state index contributed by atoms with van der Waals surface area (Å²) in [6.07, 6.45) is 1.77. The maximum Gasteiger partial charge on any atom is 0.338 e. The van der Waals surface area contributed by atoms with Crippen molar-refractivity contribution < 1.29 is 14.3 Å². The van der Waals surface area contributed by atoms with E-state index in [0.717, 1.165) is 15.6 Å². The molecule has 3 aromatic rings. The Morgan fingerprint density at radius 3 is 2.67 bits per heavy atom. The third kappa shape index (κ3) is 4.55. The van der Waals surface area contributed by atoms with E-state index in [1.807, 2.05) is 18.2 Å². The van der Waals surface area contributed by atoms with Crippen LogP contribution >= 0.6 is 38.9 Å². The number of allylic oxidation sites excluding steroid dienone is 1. The molecule has 0 N–H and O–H groups in total. The molecular formula is C24H20BrClN2O4S. The summed E-state index contributed by atoms with van der Waals surface area (Å²) in [4.78, 5) is 31.6. The molecular weight excluding hydrogens is 528 g/mol. The minimum atomic E-state index is -0.677. The van der Waals surface area contributed by atoms with Crippen LogP contribution in [-0.4, -0.2) is 24.3 Å². The fourth-order valence-corrected chi connectivity index (χ4v) is 5.25. The van der Waals surface area contributed by atoms with Crippen molar-refractivity contribution in [3.63, 3.8) is 0 Å². The maximum atomic E-state index is 13.6. The largest absolute Gasteiger partial charge is 0.496 e. The van der Waals surface area contributed by atoms with Crippen LogP contribution < -0.4 is 19.6 Å². The van der Waals surface area contributed by atoms with Gasteiger partial charge in [0.05, 0.1) is 35.6 Å². The number of rotatable bonds is 5. The van der Waals surface area contributed by atoms with Gasteiger partial charge in [-0.3, -0.25) is 9.36 Å². The second kappa shape index (κ2) is 9.67. The van der Waals surface area contributed by atoms with E-state index in [2.05, 4.69) is 20.9 Å². The van der Waals surface area contributed by atoms with E-state index in [-0.39, 0.29) is 12.2 Å². The highest BCUT2D eigenvalue weighted by molar-refractivity contribution is 9.10. The molecule has 33 heavy (non-hydrogen) atoms. The first-order chi connectivity index (χ1) is 15.8. The number of aromatic nitrogens is 1. The molecule has 0 saturated heterocycles. The van der Waals surface area contributed by atoms with Crippen molar-refractivity contribution in [1.29, 1.82) is 0 Å². The summed E-state index contributed by atoms with van der Waals surface area (Å²) in [6.45, 7) is 3.71. The number of hydrogen-bond acceptors (Lipinski definition) is 6. The molecule has 170 valence electrons. The summed E-state index contributed by atoms with van der Waals surface area (Å²) < 4.78 is 13.6. The molecule has 1 aliphatic rings. The van der Waals surface area contributed by atoms with Crippen LogP contribution in [0, 0.1) is 0 Å². The topological polar surface area (TPSA) is 69.9 Å². The fraction of sp³-hybridized carbons (Fsp3) is 0.208. The van der Waals surface area contributed by atoms with Gasteiger partial charge in [0.2, 0.25) is 0 Å². The predicted octanol–water partition coefficient (Wildman–Crippen LogP) is 4.22. The van der Waals surface area contributed by atoms with Crippen molar-refractivity contribution >= 4 is 50.9 Å². The molecule has 0 unspecified atom stereocenters. The van der Waals surface area contributed by atoms with E-state index in [1.54, 1.807) is 55.9 Å². The van der Waals surface area contributed by atoms with Crippen LogP contribution in [0.5, 0.6) is 5.75 Å². The molecule has 0 saturated carbocycles. The van der Waals surface area contributed by atoms with Gasteiger partial charge in [-0.05, 0) is 55.8 Å². The standard InChI is InChI=1S/C24H20BrClN2O4S/c1-4-32-23(30)20-13(2)27-24-28(21(20)14-5-8-17(26)9-6-14)22(29)19(33-24)12-15-11-16(25)7-10-18(15)31-3/h5-12,21H,4H2,1-3H3/b19-12+/t21-/m0/s1. The molecule has 9 heteroatoms. The van der Waals surface area contributed by atoms with Gasteiger partial charge in [-0.2, -0.15) is 0 Å². The third-order valence-corrected chi connectivity index (χ3v) is 6.91. The molecule has 1 atom stereocenters. The van der Waals surface area contributed by atoms with Crippen LogP contribution in [0.3, 0.4) is 0 Å². The zero-order chi connectivity index (χ0) is 23.7. The molecule has 0 amide bonds. The van der Waals surface area contributed by atoms with Crippen molar-refractivity contribution in [3.05, 3.63) is 94.0 Å². The summed E-state index contributed by atoms with van der Waals surface area (Å²) in [7, 11) is 1.58. The quantitative estimate of drug-likeness (QED) is 0.449. The lowest BCUT2D eigenvalue weighted by Gasteiger charge is -2.24. The molecule has 2 aromatic carbocycles. The fourth-order valence-electron chi connectivity index (χ4n) is 3.71. The molecule has 0 aliphatic carbocycles. The molecule has 1 aromatic heterocycles. The lowest BCUT2D eigenvalue weighted by atomic mass is 9.96. The van der Waals surface area contributed by atoms with E-state index in [1.165, 1.54) is 11.3 Å². The first-order valence-electron chi connectivity index (χ1n) is 10.1. The molecule has 0 radical (unpaired) electrons. The number of halogens is 2. The zero-order valence-corrected chi connectivity index (χ0v) is 21.3. The number of ether oxygens (including phenoxy) is 2. The summed E-state index contributed by atoms with van der Waals surface area (Å²) in [5.41, 5.74) is 2.08. The Balaban J connectivity index is 1.97. The number of thiazole rings is 1. The van der Waals surface area contributed by atoms with E-state index in [0.29, 0.717) is 31.4 Å². The number of hydrogen-bond donors (Lipinski definition) is 0. The Morgan fingerprint density at radius 2 is 2.00 bits per heavy atom. The Kier molecular flexibility index (Phi) is 6.88. The Bertz CT molecular complexity index is 1440. The van der Waals surface area contributed by atoms with Gasteiger partial charge in [0.15, 0.2) is 4.80 Å². The van der Waals surface area contributed by atoms with Gasteiger partial charge in [-0.15, -0.1) is 0 Å². The summed E-state index contributed by atoms with van der Waals surface area (Å²) in [5, 5.41) is 0.561. The van der Waals surface area contributed by atoms with Gasteiger partial charge in [0, 0.05) is 15.1 Å². The number of carbonyl (C=O) groups is 1. The average Bonchev–Trinajstić information content (AvgIpc) is 3.08. The zero-order valence-electron chi connectivity index (χ0n) is 18.1. The number of benzene rings is 2.